The topological polar surface area (TPSA) is 63.5 Å². The van der Waals surface area contributed by atoms with Gasteiger partial charge in [0.2, 0.25) is 0 Å². The fourth-order valence-corrected chi connectivity index (χ4v) is 2.99. The Morgan fingerprint density at radius 2 is 2.05 bits per heavy atom. The number of anilines is 1. The summed E-state index contributed by atoms with van der Waals surface area (Å²) in [7, 11) is 0. The summed E-state index contributed by atoms with van der Waals surface area (Å²) >= 11 is 3.15. The van der Waals surface area contributed by atoms with Crippen molar-refractivity contribution in [2.75, 3.05) is 11.4 Å². The summed E-state index contributed by atoms with van der Waals surface area (Å²) in [4.78, 5) is 24.4. The Balaban J connectivity index is 2.00. The van der Waals surface area contributed by atoms with Crippen LogP contribution in [0.25, 0.3) is 0 Å². The number of hydrogen-bond donors (Lipinski definition) is 0. The zero-order valence-corrected chi connectivity index (χ0v) is 12.8. The van der Waals surface area contributed by atoms with E-state index >= 15 is 0 Å². The second-order valence-corrected chi connectivity index (χ2v) is 5.85. The lowest BCUT2D eigenvalue weighted by Gasteiger charge is -2.17. The first-order valence-electron chi connectivity index (χ1n) is 6.51. The molecule has 112 valence electrons. The molecule has 22 heavy (non-hydrogen) atoms. The number of nitro groups is 1. The molecule has 0 saturated heterocycles. The number of carbonyl (C=O) groups excluding carboxylic acids is 1. The van der Waals surface area contributed by atoms with Gasteiger partial charge in [-0.2, -0.15) is 0 Å². The minimum Gasteiger partial charge on any atom is -0.307 e. The number of nitro benzene ring substituents is 1. The summed E-state index contributed by atoms with van der Waals surface area (Å²) in [5.41, 5.74) is 1.51. The molecule has 0 N–H and O–H groups in total. The Morgan fingerprint density at radius 3 is 2.73 bits per heavy atom. The Hall–Kier alpha value is -2.28. The van der Waals surface area contributed by atoms with Gasteiger partial charge in [0.15, 0.2) is 0 Å². The number of non-ortho nitro benzene ring substituents is 1. The summed E-state index contributed by atoms with van der Waals surface area (Å²) in [5, 5.41) is 10.9. The van der Waals surface area contributed by atoms with Gasteiger partial charge in [-0.25, -0.2) is 4.39 Å². The van der Waals surface area contributed by atoms with Gasteiger partial charge in [0.25, 0.3) is 11.6 Å². The van der Waals surface area contributed by atoms with Crippen LogP contribution in [-0.4, -0.2) is 17.4 Å². The normalized spacial score (nSPS) is 13.1. The van der Waals surface area contributed by atoms with Gasteiger partial charge in [0.1, 0.15) is 5.82 Å². The highest BCUT2D eigenvalue weighted by molar-refractivity contribution is 9.10. The number of carbonyl (C=O) groups is 1. The average molecular weight is 365 g/mol. The molecule has 0 fully saturated rings. The average Bonchev–Trinajstić information content (AvgIpc) is 2.88. The van der Waals surface area contributed by atoms with E-state index in [0.717, 1.165) is 11.6 Å². The minimum atomic E-state index is -0.517. The number of fused-ring (bicyclic) bond motifs is 1. The van der Waals surface area contributed by atoms with Crippen molar-refractivity contribution < 1.29 is 14.1 Å². The Kier molecular flexibility index (Phi) is 3.66. The molecule has 1 aliphatic heterocycles. The predicted octanol–water partition coefficient (Wildman–Crippen LogP) is 3.70. The summed E-state index contributed by atoms with van der Waals surface area (Å²) in [6.07, 6.45) is 0.621. The molecule has 0 bridgehead atoms. The molecule has 0 unspecified atom stereocenters. The van der Waals surface area contributed by atoms with E-state index in [-0.39, 0.29) is 17.2 Å². The molecule has 0 radical (unpaired) electrons. The van der Waals surface area contributed by atoms with Crippen molar-refractivity contribution in [1.29, 1.82) is 0 Å². The molecule has 7 heteroatoms. The van der Waals surface area contributed by atoms with Crippen molar-refractivity contribution in [2.45, 2.75) is 6.42 Å². The highest BCUT2D eigenvalue weighted by atomic mass is 79.9. The van der Waals surface area contributed by atoms with Crippen molar-refractivity contribution in [2.24, 2.45) is 0 Å². The highest BCUT2D eigenvalue weighted by Gasteiger charge is 2.27. The maximum Gasteiger partial charge on any atom is 0.271 e. The van der Waals surface area contributed by atoms with Crippen LogP contribution in [0.2, 0.25) is 0 Å². The quantitative estimate of drug-likeness (QED) is 0.602. The molecule has 5 nitrogen and oxygen atoms in total. The van der Waals surface area contributed by atoms with Crippen LogP contribution < -0.4 is 4.90 Å². The second kappa shape index (κ2) is 5.49. The van der Waals surface area contributed by atoms with Crippen molar-refractivity contribution in [3.63, 3.8) is 0 Å². The summed E-state index contributed by atoms with van der Waals surface area (Å²) in [6, 6.07) is 8.41. The first-order valence-corrected chi connectivity index (χ1v) is 7.30. The smallest absolute Gasteiger partial charge is 0.271 e. The second-order valence-electron chi connectivity index (χ2n) is 4.94. The number of amides is 1. The zero-order chi connectivity index (χ0) is 15.9. The van der Waals surface area contributed by atoms with E-state index < -0.39 is 10.7 Å². The number of halogens is 2. The molecule has 1 aliphatic rings. The molecule has 0 saturated carbocycles. The number of benzene rings is 2. The van der Waals surface area contributed by atoms with Gasteiger partial charge in [0.05, 0.1) is 10.6 Å². The van der Waals surface area contributed by atoms with Gasteiger partial charge < -0.3 is 4.90 Å². The van der Waals surface area contributed by atoms with E-state index in [1.165, 1.54) is 29.2 Å². The summed E-state index contributed by atoms with van der Waals surface area (Å²) in [6.45, 7) is 0.420. The van der Waals surface area contributed by atoms with Gasteiger partial charge in [-0.3, -0.25) is 14.9 Å². The molecule has 1 heterocycles. The van der Waals surface area contributed by atoms with Crippen LogP contribution in [-0.2, 0) is 6.42 Å². The van der Waals surface area contributed by atoms with Gasteiger partial charge in [-0.1, -0.05) is 22.0 Å². The summed E-state index contributed by atoms with van der Waals surface area (Å²) < 4.78 is 13.9. The first kappa shape index (κ1) is 14.6. The fourth-order valence-electron chi connectivity index (χ4n) is 2.53. The Labute approximate surface area is 133 Å². The van der Waals surface area contributed by atoms with Crippen LogP contribution in [0.5, 0.6) is 0 Å². The van der Waals surface area contributed by atoms with Crippen LogP contribution in [0.15, 0.2) is 40.9 Å². The lowest BCUT2D eigenvalue weighted by atomic mass is 10.1. The molecule has 0 atom stereocenters. The van der Waals surface area contributed by atoms with Gasteiger partial charge in [-0.15, -0.1) is 0 Å². The van der Waals surface area contributed by atoms with E-state index in [2.05, 4.69) is 15.9 Å². The lowest BCUT2D eigenvalue weighted by Crippen LogP contribution is -2.29. The molecular formula is C15H10BrFN2O3. The number of hydrogen-bond acceptors (Lipinski definition) is 3. The Morgan fingerprint density at radius 1 is 1.27 bits per heavy atom. The van der Waals surface area contributed by atoms with E-state index in [1.54, 1.807) is 6.07 Å². The molecule has 1 amide bonds. The fraction of sp³-hybridized carbons (Fsp3) is 0.133. The maximum absolute atomic E-state index is 13.5. The van der Waals surface area contributed by atoms with Gasteiger partial charge >= 0.3 is 0 Å². The molecule has 2 aromatic carbocycles. The van der Waals surface area contributed by atoms with E-state index in [0.29, 0.717) is 23.1 Å². The van der Waals surface area contributed by atoms with Crippen molar-refractivity contribution in [3.8, 4) is 0 Å². The van der Waals surface area contributed by atoms with Crippen LogP contribution in [0, 0.1) is 15.9 Å². The molecule has 0 spiro atoms. The third-order valence-electron chi connectivity index (χ3n) is 3.53. The van der Waals surface area contributed by atoms with Crippen molar-refractivity contribution >= 4 is 33.2 Å². The first-order chi connectivity index (χ1) is 10.5. The van der Waals surface area contributed by atoms with E-state index in [4.69, 9.17) is 0 Å². The van der Waals surface area contributed by atoms with E-state index in [1.807, 2.05) is 0 Å². The molecule has 0 aliphatic carbocycles. The van der Waals surface area contributed by atoms with Crippen LogP contribution >= 0.6 is 15.9 Å². The number of rotatable bonds is 2. The zero-order valence-electron chi connectivity index (χ0n) is 11.3. The molecular weight excluding hydrogens is 355 g/mol. The third kappa shape index (κ3) is 2.59. The van der Waals surface area contributed by atoms with Crippen LogP contribution in [0.4, 0.5) is 15.8 Å². The monoisotopic (exact) mass is 364 g/mol. The number of nitrogens with zero attached hydrogens (tertiary/aromatic N) is 2. The van der Waals surface area contributed by atoms with Gasteiger partial charge in [-0.05, 0) is 30.2 Å². The lowest BCUT2D eigenvalue weighted by molar-refractivity contribution is -0.384. The third-order valence-corrected chi connectivity index (χ3v) is 3.99. The molecule has 2 aromatic rings. The SMILES string of the molecule is O=C(c1cc(F)cc(Br)c1)N1CCc2ccc([N+](=O)[O-])cc21. The molecule has 0 aromatic heterocycles. The maximum atomic E-state index is 13.5. The van der Waals surface area contributed by atoms with Crippen molar-refractivity contribution in [1.82, 2.24) is 0 Å². The minimum absolute atomic E-state index is 0.0705. The standard InChI is InChI=1S/C15H10BrFN2O3/c16-11-5-10(6-12(17)7-11)15(20)18-4-3-9-1-2-13(19(21)22)8-14(9)18/h1-2,5-8H,3-4H2. The molecule has 3 rings (SSSR count). The predicted molar refractivity (Wildman–Crippen MR) is 82.6 cm³/mol. The summed E-state index contributed by atoms with van der Waals surface area (Å²) in [5.74, 6) is -0.893. The van der Waals surface area contributed by atoms with Crippen LogP contribution in [0.3, 0.4) is 0 Å². The van der Waals surface area contributed by atoms with Crippen LogP contribution in [0.1, 0.15) is 15.9 Å². The highest BCUT2D eigenvalue weighted by Crippen LogP contribution is 2.33. The van der Waals surface area contributed by atoms with E-state index in [9.17, 15) is 19.3 Å². The van der Waals surface area contributed by atoms with Crippen molar-refractivity contribution in [3.05, 3.63) is 67.9 Å². The largest absolute Gasteiger partial charge is 0.307 e. The van der Waals surface area contributed by atoms with Gasteiger partial charge in [0, 0.05) is 28.7 Å². The Bertz CT molecular complexity index is 774.